The Labute approximate surface area is 481 Å². The predicted molar refractivity (Wildman–Crippen MR) is 299 cm³/mol. The second-order valence-electron chi connectivity index (χ2n) is 22.5. The van der Waals surface area contributed by atoms with Crippen LogP contribution in [0, 0.1) is 5.82 Å². The van der Waals surface area contributed by atoms with Crippen LogP contribution in [0.3, 0.4) is 0 Å². The van der Waals surface area contributed by atoms with Crippen LogP contribution in [0.2, 0.25) is 5.02 Å². The van der Waals surface area contributed by atoms with E-state index in [9.17, 15) is 49.9 Å². The molecule has 1 aliphatic carbocycles. The molecule has 21 heteroatoms. The molecule has 8 rings (SSSR count). The fourth-order valence-corrected chi connectivity index (χ4v) is 12.2. The SMILES string of the molecule is CN(CCN1CCCCC1)C(=O)CCCCCNc1ccc(C(=O)N(C)CCCN(C)C(=O)CO[C@H]2Cc3ccccc3C23CCN(CC[C@@]2(c4ccc(F)cc4)CN(C(=O)c4cc(C(F)(F)F)cc(C(F)(F)F)c4)CO2)CC3)c(Cl)c1. The molecule has 0 unspecified atom stereocenters. The van der Waals surface area contributed by atoms with E-state index in [1.54, 1.807) is 36.0 Å². The Morgan fingerprint density at radius 3 is 2.07 bits per heavy atom. The molecular weight excluding hydrogens is 1100 g/mol. The van der Waals surface area contributed by atoms with Crippen molar-refractivity contribution in [2.45, 2.75) is 107 Å². The van der Waals surface area contributed by atoms with E-state index in [4.69, 9.17) is 21.1 Å². The maximum atomic E-state index is 14.2. The van der Waals surface area contributed by atoms with E-state index in [0.29, 0.717) is 99.7 Å². The van der Waals surface area contributed by atoms with Crippen LogP contribution in [0.4, 0.5) is 36.4 Å². The standard InChI is InChI=1S/C61H75ClF7N7O6/c1-71(26-12-27-73(3)57(80)50-21-20-49(39-52(50)62)70-25-9-4-6-15-54(77)72(2)33-34-74-28-10-5-11-29-74)55(78)40-81-53-37-43-13-7-8-14-51(43)58(53)22-30-75(31-23-58)32-24-59(45-16-18-48(63)19-17-45)41-76(42-82-59)56(79)44-35-46(60(64,65)66)38-47(36-44)61(67,68)69/h7-8,13-14,16-21,35-36,38-39,53,70H,4-6,9-12,15,22-34,37,40-42H2,1-3H3/t53-,59-/m0/s1. The van der Waals surface area contributed by atoms with E-state index >= 15 is 0 Å². The lowest BCUT2D eigenvalue weighted by atomic mass is 9.72. The van der Waals surface area contributed by atoms with Crippen LogP contribution < -0.4 is 5.32 Å². The lowest BCUT2D eigenvalue weighted by molar-refractivity contribution is -0.143. The third kappa shape index (κ3) is 15.5. The fraction of sp³-hybridized carbons (Fsp3) is 0.541. The average Bonchev–Trinajstić information content (AvgIpc) is 3.86. The average molecular weight is 1170 g/mol. The van der Waals surface area contributed by atoms with Crippen molar-refractivity contribution in [3.05, 3.63) is 135 Å². The summed E-state index contributed by atoms with van der Waals surface area (Å²) in [5, 5.41) is 3.70. The van der Waals surface area contributed by atoms with Gasteiger partial charge < -0.3 is 44.2 Å². The number of anilines is 1. The summed E-state index contributed by atoms with van der Waals surface area (Å²) in [6.45, 7) is 6.26. The quantitative estimate of drug-likeness (QED) is 0.0572. The Balaban J connectivity index is 0.784. The van der Waals surface area contributed by atoms with Crippen LogP contribution in [0.5, 0.6) is 0 Å². The number of unbranched alkanes of at least 4 members (excludes halogenated alkanes) is 2. The minimum atomic E-state index is -5.14. The van der Waals surface area contributed by atoms with E-state index in [1.807, 2.05) is 30.1 Å². The topological polar surface area (TPSA) is 118 Å². The van der Waals surface area contributed by atoms with Gasteiger partial charge >= 0.3 is 12.4 Å². The summed E-state index contributed by atoms with van der Waals surface area (Å²) in [6, 6.07) is 19.7. The number of carbonyl (C=O) groups is 4. The second kappa shape index (κ2) is 27.3. The number of carbonyl (C=O) groups excluding carboxylic acids is 4. The van der Waals surface area contributed by atoms with Gasteiger partial charge in [-0.1, -0.05) is 60.8 Å². The van der Waals surface area contributed by atoms with Crippen molar-refractivity contribution in [1.29, 1.82) is 0 Å². The highest BCUT2D eigenvalue weighted by molar-refractivity contribution is 6.34. The lowest BCUT2D eigenvalue weighted by Gasteiger charge is -2.44. The van der Waals surface area contributed by atoms with E-state index in [1.165, 1.54) is 43.5 Å². The summed E-state index contributed by atoms with van der Waals surface area (Å²) in [4.78, 5) is 64.2. The molecule has 3 aliphatic heterocycles. The second-order valence-corrected chi connectivity index (χ2v) is 22.9. The summed E-state index contributed by atoms with van der Waals surface area (Å²) in [5.74, 6) is -1.85. The number of rotatable bonds is 23. The number of nitrogens with zero attached hydrogens (tertiary/aromatic N) is 6. The van der Waals surface area contributed by atoms with Crippen LogP contribution in [-0.4, -0.2) is 166 Å². The predicted octanol–water partition coefficient (Wildman–Crippen LogP) is 10.7. The number of likely N-dealkylation sites (N-methyl/N-ethyl adjacent to an activating group) is 2. The number of hydrogen-bond donors (Lipinski definition) is 1. The number of piperidine rings is 2. The number of likely N-dealkylation sites (tertiary alicyclic amines) is 2. The smallest absolute Gasteiger partial charge is 0.385 e. The molecule has 0 aromatic heterocycles. The zero-order chi connectivity index (χ0) is 58.8. The summed E-state index contributed by atoms with van der Waals surface area (Å²) >= 11 is 6.63. The molecule has 4 aliphatic rings. The Bertz CT molecular complexity index is 2810. The number of halogens is 8. The van der Waals surface area contributed by atoms with Gasteiger partial charge in [-0.3, -0.25) is 19.2 Å². The first-order valence-electron chi connectivity index (χ1n) is 28.5. The minimum Gasteiger partial charge on any atom is -0.385 e. The molecule has 2 atom stereocenters. The van der Waals surface area contributed by atoms with Crippen LogP contribution >= 0.6 is 11.6 Å². The number of hydrogen-bond acceptors (Lipinski definition) is 9. The summed E-state index contributed by atoms with van der Waals surface area (Å²) in [7, 11) is 5.30. The van der Waals surface area contributed by atoms with Gasteiger partial charge in [0.05, 0.1) is 34.4 Å². The van der Waals surface area contributed by atoms with Crippen molar-refractivity contribution in [3.8, 4) is 0 Å². The zero-order valence-electron chi connectivity index (χ0n) is 47.0. The zero-order valence-corrected chi connectivity index (χ0v) is 47.8. The molecule has 4 aromatic carbocycles. The van der Waals surface area contributed by atoms with E-state index in [2.05, 4.69) is 27.2 Å². The molecule has 13 nitrogen and oxygen atoms in total. The first kappa shape index (κ1) is 62.3. The molecule has 0 saturated carbocycles. The molecule has 1 spiro atoms. The minimum absolute atomic E-state index is 0.0281. The fourth-order valence-electron chi connectivity index (χ4n) is 12.0. The van der Waals surface area contributed by atoms with Gasteiger partial charge in [-0.05, 0) is 149 Å². The molecule has 4 amide bonds. The first-order valence-corrected chi connectivity index (χ1v) is 28.8. The van der Waals surface area contributed by atoms with Crippen LogP contribution in [0.1, 0.15) is 119 Å². The van der Waals surface area contributed by atoms with Gasteiger partial charge in [-0.25, -0.2) is 4.39 Å². The molecule has 3 heterocycles. The van der Waals surface area contributed by atoms with Gasteiger partial charge in [0.25, 0.3) is 11.8 Å². The molecule has 1 N–H and O–H groups in total. The first-order chi connectivity index (χ1) is 39.0. The number of fused-ring (bicyclic) bond motifs is 2. The van der Waals surface area contributed by atoms with Gasteiger partial charge in [0.15, 0.2) is 0 Å². The van der Waals surface area contributed by atoms with Crippen molar-refractivity contribution in [3.63, 3.8) is 0 Å². The van der Waals surface area contributed by atoms with Crippen LogP contribution in [-0.2, 0) is 48.9 Å². The number of alkyl halides is 6. The normalized spacial score (nSPS) is 19.3. The highest BCUT2D eigenvalue weighted by Gasteiger charge is 2.50. The highest BCUT2D eigenvalue weighted by atomic mass is 35.5. The Morgan fingerprint density at radius 2 is 1.39 bits per heavy atom. The lowest BCUT2D eigenvalue weighted by Crippen LogP contribution is -2.50. The van der Waals surface area contributed by atoms with E-state index < -0.39 is 58.5 Å². The number of nitrogens with one attached hydrogen (secondary N) is 1. The van der Waals surface area contributed by atoms with Gasteiger partial charge in [0.1, 0.15) is 24.8 Å². The number of ether oxygens (including phenoxy) is 2. The van der Waals surface area contributed by atoms with Crippen molar-refractivity contribution in [1.82, 2.24) is 29.4 Å². The van der Waals surface area contributed by atoms with Crippen molar-refractivity contribution in [2.75, 3.05) is 112 Å². The van der Waals surface area contributed by atoms with Crippen molar-refractivity contribution >= 4 is 40.9 Å². The maximum Gasteiger partial charge on any atom is 0.416 e. The Kier molecular flexibility index (Phi) is 20.7. The van der Waals surface area contributed by atoms with Gasteiger partial charge in [0.2, 0.25) is 11.8 Å². The van der Waals surface area contributed by atoms with Gasteiger partial charge in [-0.2, -0.15) is 26.3 Å². The summed E-state index contributed by atoms with van der Waals surface area (Å²) in [5.41, 5.74) is -1.68. The summed E-state index contributed by atoms with van der Waals surface area (Å²) < 4.78 is 109. The van der Waals surface area contributed by atoms with Gasteiger partial charge in [-0.15, -0.1) is 0 Å². The summed E-state index contributed by atoms with van der Waals surface area (Å²) in [6.07, 6.45) is -0.924. The molecule has 3 saturated heterocycles. The highest BCUT2D eigenvalue weighted by Crippen LogP contribution is 2.48. The maximum absolute atomic E-state index is 14.2. The molecule has 82 heavy (non-hydrogen) atoms. The third-order valence-electron chi connectivity index (χ3n) is 17.0. The number of amides is 4. The molecule has 0 radical (unpaired) electrons. The Hall–Kier alpha value is -5.80. The van der Waals surface area contributed by atoms with Crippen LogP contribution in [0.15, 0.2) is 84.9 Å². The monoisotopic (exact) mass is 1170 g/mol. The molecule has 446 valence electrons. The Morgan fingerprint density at radius 1 is 0.732 bits per heavy atom. The molecular formula is C61H75ClF7N7O6. The largest absolute Gasteiger partial charge is 0.416 e. The van der Waals surface area contributed by atoms with Crippen molar-refractivity contribution in [2.24, 2.45) is 0 Å². The van der Waals surface area contributed by atoms with E-state index in [0.717, 1.165) is 67.2 Å². The number of benzene rings is 4. The molecule has 3 fully saturated rings. The third-order valence-corrected chi connectivity index (χ3v) is 17.3. The van der Waals surface area contributed by atoms with Gasteiger partial charge in [0, 0.05) is 83.5 Å². The molecule has 4 aromatic rings. The molecule has 0 bridgehead atoms. The van der Waals surface area contributed by atoms with E-state index in [-0.39, 0.29) is 49.5 Å². The van der Waals surface area contributed by atoms with Crippen molar-refractivity contribution < 1.29 is 59.4 Å². The van der Waals surface area contributed by atoms with Crippen LogP contribution in [0.25, 0.3) is 0 Å².